The maximum absolute atomic E-state index is 11.8. The number of carboxylic acid groups (broad SMARTS) is 1. The monoisotopic (exact) mass is 446 g/mol. The molecule has 2 amide bonds. The number of carbonyl (C=O) groups excluding carboxylic acids is 3. The van der Waals surface area contributed by atoms with Crippen molar-refractivity contribution >= 4 is 58.6 Å². The lowest BCUT2D eigenvalue weighted by atomic mass is 10.2. The lowest BCUT2D eigenvalue weighted by Crippen LogP contribution is -2.50. The van der Waals surface area contributed by atoms with E-state index in [4.69, 9.17) is 5.11 Å². The van der Waals surface area contributed by atoms with E-state index in [0.717, 1.165) is 3.76 Å². The van der Waals surface area contributed by atoms with Crippen LogP contribution in [0.1, 0.15) is 19.3 Å². The van der Waals surface area contributed by atoms with E-state index in [1.165, 1.54) is 7.11 Å². The van der Waals surface area contributed by atoms with Gasteiger partial charge in [-0.05, 0) is 18.6 Å². The minimum absolute atomic E-state index is 0.0141. The lowest BCUT2D eigenvalue weighted by molar-refractivity contribution is -0.143. The van der Waals surface area contributed by atoms with Crippen LogP contribution in [0.4, 0.5) is 4.79 Å². The molecule has 0 aliphatic carbocycles. The number of aliphatic carboxylic acids is 1. The van der Waals surface area contributed by atoms with Crippen molar-refractivity contribution in [2.45, 2.75) is 31.3 Å². The van der Waals surface area contributed by atoms with Gasteiger partial charge in [-0.1, -0.05) is 22.6 Å². The van der Waals surface area contributed by atoms with Crippen molar-refractivity contribution < 1.29 is 29.0 Å². The topological polar surface area (TPSA) is 122 Å². The standard InChI is InChI=1S/C12H19IN2O6S/c1-21-11(19)9(4-5-22-7-13)15-12(20)14-8(6-16)2-3-10(17)18/h6,8-9H,2-5,7H2,1H3,(H,17,18)(H2,14,15,20)/t8-,9-/m0/s1. The maximum atomic E-state index is 11.8. The molecule has 0 aromatic rings. The van der Waals surface area contributed by atoms with Gasteiger partial charge in [0.05, 0.1) is 13.2 Å². The fraction of sp³-hybridized carbons (Fsp3) is 0.667. The van der Waals surface area contributed by atoms with E-state index in [9.17, 15) is 19.2 Å². The van der Waals surface area contributed by atoms with Crippen LogP contribution in [0.5, 0.6) is 0 Å². The molecule has 0 aromatic carbocycles. The quantitative estimate of drug-likeness (QED) is 0.141. The van der Waals surface area contributed by atoms with Crippen LogP contribution >= 0.6 is 34.4 Å². The van der Waals surface area contributed by atoms with Crippen LogP contribution in [0.3, 0.4) is 0 Å². The molecule has 0 saturated heterocycles. The van der Waals surface area contributed by atoms with Crippen LogP contribution in [0.25, 0.3) is 0 Å². The minimum Gasteiger partial charge on any atom is -0.481 e. The van der Waals surface area contributed by atoms with Crippen LogP contribution < -0.4 is 10.6 Å². The predicted molar refractivity (Wildman–Crippen MR) is 90.2 cm³/mol. The Morgan fingerprint density at radius 2 is 2.00 bits per heavy atom. The largest absolute Gasteiger partial charge is 0.481 e. The second-order valence-corrected chi connectivity index (χ2v) is 7.08. The highest BCUT2D eigenvalue weighted by Gasteiger charge is 2.22. The first-order chi connectivity index (χ1) is 10.4. The first kappa shape index (κ1) is 21.0. The molecule has 0 fully saturated rings. The highest BCUT2D eigenvalue weighted by molar-refractivity contribution is 14.1. The summed E-state index contributed by atoms with van der Waals surface area (Å²) in [4.78, 5) is 44.6. The second-order valence-electron chi connectivity index (χ2n) is 4.17. The normalized spacial score (nSPS) is 12.8. The molecule has 8 nitrogen and oxygen atoms in total. The highest BCUT2D eigenvalue weighted by Crippen LogP contribution is 2.09. The van der Waals surface area contributed by atoms with Crippen molar-refractivity contribution in [1.29, 1.82) is 0 Å². The summed E-state index contributed by atoms with van der Waals surface area (Å²) in [6.07, 6.45) is 0.604. The maximum Gasteiger partial charge on any atom is 0.328 e. The van der Waals surface area contributed by atoms with E-state index in [1.807, 2.05) is 0 Å². The molecule has 2 atom stereocenters. The number of carbonyl (C=O) groups is 4. The number of nitrogens with one attached hydrogen (secondary N) is 2. The first-order valence-electron chi connectivity index (χ1n) is 6.40. The van der Waals surface area contributed by atoms with E-state index < -0.39 is 30.1 Å². The number of thioether (sulfide) groups is 1. The SMILES string of the molecule is COC(=O)[C@H](CCSCI)NC(=O)N[C@H](C=O)CCC(=O)O. The van der Waals surface area contributed by atoms with E-state index in [1.54, 1.807) is 11.8 Å². The molecule has 0 rings (SSSR count). The van der Waals surface area contributed by atoms with Crippen molar-refractivity contribution in [3.05, 3.63) is 0 Å². The summed E-state index contributed by atoms with van der Waals surface area (Å²) in [7, 11) is 1.22. The lowest BCUT2D eigenvalue weighted by Gasteiger charge is -2.18. The third-order valence-corrected chi connectivity index (χ3v) is 4.57. The van der Waals surface area contributed by atoms with Gasteiger partial charge in [0, 0.05) is 10.2 Å². The predicted octanol–water partition coefficient (Wildman–Crippen LogP) is 0.775. The summed E-state index contributed by atoms with van der Waals surface area (Å²) < 4.78 is 5.48. The molecule has 0 aliphatic rings. The van der Waals surface area contributed by atoms with Crippen molar-refractivity contribution in [2.75, 3.05) is 16.6 Å². The zero-order valence-corrected chi connectivity index (χ0v) is 15.0. The summed E-state index contributed by atoms with van der Waals surface area (Å²) in [5.74, 6) is -0.964. The average molecular weight is 446 g/mol. The second kappa shape index (κ2) is 12.5. The molecule has 3 N–H and O–H groups in total. The molecule has 0 bridgehead atoms. The van der Waals surface area contributed by atoms with Gasteiger partial charge in [-0.15, -0.1) is 0 Å². The van der Waals surface area contributed by atoms with E-state index in [0.29, 0.717) is 18.5 Å². The smallest absolute Gasteiger partial charge is 0.328 e. The Kier molecular flexibility index (Phi) is 11.9. The van der Waals surface area contributed by atoms with Gasteiger partial charge >= 0.3 is 18.0 Å². The van der Waals surface area contributed by atoms with E-state index in [2.05, 4.69) is 38.0 Å². The van der Waals surface area contributed by atoms with Gasteiger partial charge < -0.3 is 25.3 Å². The van der Waals surface area contributed by atoms with Crippen LogP contribution in [0, 0.1) is 0 Å². The van der Waals surface area contributed by atoms with Crippen molar-refractivity contribution in [3.63, 3.8) is 0 Å². The Morgan fingerprint density at radius 3 is 2.50 bits per heavy atom. The number of ether oxygens (including phenoxy) is 1. The Bertz CT molecular complexity index is 396. The number of methoxy groups -OCH3 is 1. The first-order valence-corrected chi connectivity index (χ1v) is 9.08. The van der Waals surface area contributed by atoms with Crippen LogP contribution in [0.2, 0.25) is 0 Å². The number of amides is 2. The highest BCUT2D eigenvalue weighted by atomic mass is 127. The van der Waals surface area contributed by atoms with E-state index >= 15 is 0 Å². The molecule has 0 spiro atoms. The van der Waals surface area contributed by atoms with Crippen molar-refractivity contribution in [3.8, 4) is 0 Å². The number of hydrogen-bond acceptors (Lipinski definition) is 6. The van der Waals surface area contributed by atoms with Crippen LogP contribution in [-0.4, -0.2) is 58.1 Å². The fourth-order valence-electron chi connectivity index (χ4n) is 1.47. The summed E-state index contributed by atoms with van der Waals surface area (Å²) in [6, 6.07) is -2.44. The number of aldehydes is 1. The molecule has 0 heterocycles. The number of urea groups is 1. The summed E-state index contributed by atoms with van der Waals surface area (Å²) in [6.45, 7) is 0. The Hall–Kier alpha value is -1.04. The van der Waals surface area contributed by atoms with Gasteiger partial charge in [-0.3, -0.25) is 4.79 Å². The summed E-state index contributed by atoms with van der Waals surface area (Å²) in [5, 5.41) is 13.3. The number of rotatable bonds is 11. The number of alkyl halides is 1. The zero-order valence-electron chi connectivity index (χ0n) is 12.0. The minimum atomic E-state index is -1.06. The van der Waals surface area contributed by atoms with Crippen molar-refractivity contribution in [2.24, 2.45) is 0 Å². The molecular weight excluding hydrogens is 427 g/mol. The Labute approximate surface area is 146 Å². The number of esters is 1. The molecule has 0 aliphatic heterocycles. The molecule has 22 heavy (non-hydrogen) atoms. The molecule has 0 radical (unpaired) electrons. The van der Waals surface area contributed by atoms with Gasteiger partial charge in [-0.2, -0.15) is 11.8 Å². The molecule has 0 aromatic heterocycles. The van der Waals surface area contributed by atoms with Crippen LogP contribution in [0.15, 0.2) is 0 Å². The Balaban J connectivity index is 4.42. The number of halogens is 1. The average Bonchev–Trinajstić information content (AvgIpc) is 2.49. The van der Waals surface area contributed by atoms with Crippen molar-refractivity contribution in [1.82, 2.24) is 10.6 Å². The summed E-state index contributed by atoms with van der Waals surface area (Å²) >= 11 is 3.79. The summed E-state index contributed by atoms with van der Waals surface area (Å²) in [5.41, 5.74) is 0. The molecule has 126 valence electrons. The number of carboxylic acids is 1. The third kappa shape index (κ3) is 9.82. The fourth-order valence-corrected chi connectivity index (χ4v) is 2.91. The van der Waals surface area contributed by atoms with Gasteiger partial charge in [0.2, 0.25) is 0 Å². The zero-order chi connectivity index (χ0) is 17.0. The van der Waals surface area contributed by atoms with Gasteiger partial charge in [0.1, 0.15) is 12.3 Å². The molecule has 0 saturated carbocycles. The van der Waals surface area contributed by atoms with Crippen LogP contribution in [-0.2, 0) is 19.1 Å². The van der Waals surface area contributed by atoms with Gasteiger partial charge in [-0.25, -0.2) is 9.59 Å². The van der Waals surface area contributed by atoms with Gasteiger partial charge in [0.25, 0.3) is 0 Å². The third-order valence-electron chi connectivity index (χ3n) is 2.57. The molecular formula is C12H19IN2O6S. The van der Waals surface area contributed by atoms with Gasteiger partial charge in [0.15, 0.2) is 0 Å². The number of hydrogen-bond donors (Lipinski definition) is 3. The molecule has 10 heteroatoms. The molecule has 0 unspecified atom stereocenters. The Morgan fingerprint density at radius 1 is 1.32 bits per heavy atom. The van der Waals surface area contributed by atoms with E-state index in [-0.39, 0.29) is 12.8 Å².